The van der Waals surface area contributed by atoms with E-state index in [1.54, 1.807) is 6.20 Å². The third-order valence-electron chi connectivity index (χ3n) is 0.665. The molecule has 0 aromatic heterocycles. The molecule has 0 heterocycles. The van der Waals surface area contributed by atoms with Crippen LogP contribution < -0.4 is 5.32 Å². The van der Waals surface area contributed by atoms with Gasteiger partial charge in [0.1, 0.15) is 0 Å². The first-order chi connectivity index (χ1) is 4.06. The molecule has 0 spiro atoms. The highest BCUT2D eigenvalue weighted by atomic mass is 15.0. The molecule has 0 amide bonds. The Morgan fingerprint density at radius 1 is 1.44 bits per heavy atom. The monoisotopic (exact) mass is 127 g/mol. The molecule has 0 aliphatic rings. The van der Waals surface area contributed by atoms with Gasteiger partial charge in [-0.05, 0) is 20.8 Å². The SMILES string of the molecule is CC(C)(C)N/C=C\N=N. The molecule has 0 radical (unpaired) electrons. The topological polar surface area (TPSA) is 48.2 Å². The highest BCUT2D eigenvalue weighted by Gasteiger charge is 2.03. The minimum Gasteiger partial charge on any atom is -0.385 e. The maximum Gasteiger partial charge on any atom is 0.0645 e. The van der Waals surface area contributed by atoms with E-state index >= 15 is 0 Å². The molecule has 0 bridgehead atoms. The molecule has 0 atom stereocenters. The highest BCUT2D eigenvalue weighted by Crippen LogP contribution is 1.96. The largest absolute Gasteiger partial charge is 0.385 e. The Balaban J connectivity index is 3.50. The van der Waals surface area contributed by atoms with Crippen molar-refractivity contribution in [1.82, 2.24) is 5.32 Å². The Kier molecular flexibility index (Phi) is 2.91. The Morgan fingerprint density at radius 2 is 2.00 bits per heavy atom. The van der Waals surface area contributed by atoms with Gasteiger partial charge in [-0.3, -0.25) is 0 Å². The summed E-state index contributed by atoms with van der Waals surface area (Å²) < 4.78 is 0. The maximum atomic E-state index is 6.41. The van der Waals surface area contributed by atoms with Crippen molar-refractivity contribution in [3.05, 3.63) is 12.4 Å². The molecular formula is C6H13N3. The Morgan fingerprint density at radius 3 is 2.33 bits per heavy atom. The first kappa shape index (κ1) is 8.14. The zero-order chi connectivity index (χ0) is 7.33. The van der Waals surface area contributed by atoms with Crippen LogP contribution in [0.4, 0.5) is 0 Å². The highest BCUT2D eigenvalue weighted by molar-refractivity contribution is 4.82. The van der Waals surface area contributed by atoms with Crippen LogP contribution >= 0.6 is 0 Å². The zero-order valence-corrected chi connectivity index (χ0v) is 6.10. The predicted octanol–water partition coefficient (Wildman–Crippen LogP) is 1.88. The van der Waals surface area contributed by atoms with Crippen LogP contribution in [0.15, 0.2) is 17.5 Å². The molecule has 0 aliphatic carbocycles. The molecule has 52 valence electrons. The van der Waals surface area contributed by atoms with E-state index in [-0.39, 0.29) is 5.54 Å². The molecule has 0 unspecified atom stereocenters. The van der Waals surface area contributed by atoms with Gasteiger partial charge in [0.15, 0.2) is 0 Å². The summed E-state index contributed by atoms with van der Waals surface area (Å²) in [5.41, 5.74) is 6.48. The Hall–Kier alpha value is -0.860. The normalized spacial score (nSPS) is 11.9. The lowest BCUT2D eigenvalue weighted by atomic mass is 10.1. The lowest BCUT2D eigenvalue weighted by Gasteiger charge is -2.17. The summed E-state index contributed by atoms with van der Waals surface area (Å²) in [5, 5.41) is 6.07. The maximum absolute atomic E-state index is 6.41. The van der Waals surface area contributed by atoms with E-state index in [1.807, 2.05) is 20.8 Å². The van der Waals surface area contributed by atoms with E-state index in [9.17, 15) is 0 Å². The van der Waals surface area contributed by atoms with Gasteiger partial charge in [0.25, 0.3) is 0 Å². The van der Waals surface area contributed by atoms with E-state index in [4.69, 9.17) is 5.53 Å². The van der Waals surface area contributed by atoms with Crippen LogP contribution in [0, 0.1) is 5.53 Å². The fourth-order valence-corrected chi connectivity index (χ4v) is 0.325. The lowest BCUT2D eigenvalue weighted by molar-refractivity contribution is 0.490. The smallest absolute Gasteiger partial charge is 0.0645 e. The predicted molar refractivity (Wildman–Crippen MR) is 37.2 cm³/mol. The van der Waals surface area contributed by atoms with Crippen LogP contribution in [0.25, 0.3) is 0 Å². The fraction of sp³-hybridized carbons (Fsp3) is 0.667. The van der Waals surface area contributed by atoms with Crippen molar-refractivity contribution in [2.24, 2.45) is 5.11 Å². The number of rotatable bonds is 2. The van der Waals surface area contributed by atoms with E-state index in [2.05, 4.69) is 10.4 Å². The van der Waals surface area contributed by atoms with Crippen LogP contribution in [0.1, 0.15) is 20.8 Å². The van der Waals surface area contributed by atoms with Crippen LogP contribution in [0.3, 0.4) is 0 Å². The molecule has 2 N–H and O–H groups in total. The lowest BCUT2D eigenvalue weighted by Crippen LogP contribution is -2.30. The molecule has 9 heavy (non-hydrogen) atoms. The molecule has 0 fully saturated rings. The van der Waals surface area contributed by atoms with Crippen LogP contribution in [0.2, 0.25) is 0 Å². The number of hydrogen-bond acceptors (Lipinski definition) is 3. The van der Waals surface area contributed by atoms with Crippen LogP contribution in [0.5, 0.6) is 0 Å². The summed E-state index contributed by atoms with van der Waals surface area (Å²) in [5.74, 6) is 0. The summed E-state index contributed by atoms with van der Waals surface area (Å²) in [6.07, 6.45) is 3.07. The van der Waals surface area contributed by atoms with Crippen molar-refractivity contribution in [2.75, 3.05) is 0 Å². The first-order valence-electron chi connectivity index (χ1n) is 2.85. The summed E-state index contributed by atoms with van der Waals surface area (Å²) in [6.45, 7) is 6.13. The minimum atomic E-state index is 0.0706. The number of hydrogen-bond donors (Lipinski definition) is 2. The molecule has 0 aromatic rings. The molecule has 0 saturated heterocycles. The Labute approximate surface area is 55.7 Å². The minimum absolute atomic E-state index is 0.0706. The van der Waals surface area contributed by atoms with Crippen LogP contribution in [-0.4, -0.2) is 5.54 Å². The molecule has 3 heteroatoms. The summed E-state index contributed by atoms with van der Waals surface area (Å²) in [6, 6.07) is 0. The van der Waals surface area contributed by atoms with Gasteiger partial charge in [-0.15, -0.1) is 0 Å². The van der Waals surface area contributed by atoms with Crippen molar-refractivity contribution >= 4 is 0 Å². The van der Waals surface area contributed by atoms with Gasteiger partial charge in [0, 0.05) is 11.7 Å². The fourth-order valence-electron chi connectivity index (χ4n) is 0.325. The second kappa shape index (κ2) is 3.22. The van der Waals surface area contributed by atoms with Crippen molar-refractivity contribution in [1.29, 1.82) is 5.53 Å². The summed E-state index contributed by atoms with van der Waals surface area (Å²) >= 11 is 0. The second-order valence-electron chi connectivity index (χ2n) is 2.84. The first-order valence-corrected chi connectivity index (χ1v) is 2.85. The van der Waals surface area contributed by atoms with E-state index in [1.165, 1.54) is 6.20 Å². The van der Waals surface area contributed by atoms with Crippen molar-refractivity contribution in [3.63, 3.8) is 0 Å². The van der Waals surface area contributed by atoms with Crippen molar-refractivity contribution < 1.29 is 0 Å². The number of nitrogens with zero attached hydrogens (tertiary/aromatic N) is 1. The van der Waals surface area contributed by atoms with Crippen LogP contribution in [-0.2, 0) is 0 Å². The average Bonchev–Trinajstić information content (AvgIpc) is 1.63. The Bertz CT molecular complexity index is 110. The van der Waals surface area contributed by atoms with E-state index in [0.29, 0.717) is 0 Å². The van der Waals surface area contributed by atoms with Gasteiger partial charge in [-0.1, -0.05) is 0 Å². The number of nitrogens with one attached hydrogen (secondary N) is 2. The standard InChI is InChI=1S/C6H13N3/c1-6(2,3)8-4-5-9-7/h4-5,7-8H,1-3H3/b5-4-,9-7?. The third kappa shape index (κ3) is 7.14. The van der Waals surface area contributed by atoms with Gasteiger partial charge >= 0.3 is 0 Å². The van der Waals surface area contributed by atoms with Crippen molar-refractivity contribution in [3.8, 4) is 0 Å². The van der Waals surface area contributed by atoms with E-state index in [0.717, 1.165) is 0 Å². The van der Waals surface area contributed by atoms with E-state index < -0.39 is 0 Å². The van der Waals surface area contributed by atoms with Gasteiger partial charge in [0.05, 0.1) is 6.20 Å². The molecule has 0 aromatic carbocycles. The third-order valence-corrected chi connectivity index (χ3v) is 0.665. The van der Waals surface area contributed by atoms with Gasteiger partial charge in [0.2, 0.25) is 0 Å². The summed E-state index contributed by atoms with van der Waals surface area (Å²) in [4.78, 5) is 0. The quantitative estimate of drug-likeness (QED) is 0.546. The molecule has 0 rings (SSSR count). The summed E-state index contributed by atoms with van der Waals surface area (Å²) in [7, 11) is 0. The van der Waals surface area contributed by atoms with Crippen molar-refractivity contribution in [2.45, 2.75) is 26.3 Å². The molecule has 3 nitrogen and oxygen atoms in total. The van der Waals surface area contributed by atoms with Gasteiger partial charge < -0.3 is 5.32 Å². The zero-order valence-electron chi connectivity index (χ0n) is 6.10. The molecule has 0 aliphatic heterocycles. The van der Waals surface area contributed by atoms with Gasteiger partial charge in [-0.2, -0.15) is 5.11 Å². The molecule has 0 saturated carbocycles. The average molecular weight is 127 g/mol. The molecular weight excluding hydrogens is 114 g/mol. The second-order valence-corrected chi connectivity index (χ2v) is 2.84. The van der Waals surface area contributed by atoms with Gasteiger partial charge in [-0.25, -0.2) is 5.53 Å².